The summed E-state index contributed by atoms with van der Waals surface area (Å²) in [5, 5.41) is 0. The van der Waals surface area contributed by atoms with Gasteiger partial charge in [0.15, 0.2) is 0 Å². The van der Waals surface area contributed by atoms with Gasteiger partial charge >= 0.3 is 5.97 Å². The lowest BCUT2D eigenvalue weighted by Crippen LogP contribution is -2.44. The summed E-state index contributed by atoms with van der Waals surface area (Å²) < 4.78 is 36.4. The van der Waals surface area contributed by atoms with E-state index in [2.05, 4.69) is 4.74 Å². The molecule has 1 aliphatic heterocycles. The van der Waals surface area contributed by atoms with E-state index in [0.29, 0.717) is 6.61 Å². The predicted molar refractivity (Wildman–Crippen MR) is 76.4 cm³/mol. The Balaban J connectivity index is 2.34. The Morgan fingerprint density at radius 3 is 2.76 bits per heavy atom. The number of benzene rings is 1. The number of morpholine rings is 1. The minimum Gasteiger partial charge on any atom is -0.465 e. The fourth-order valence-electron chi connectivity index (χ4n) is 2.17. The summed E-state index contributed by atoms with van der Waals surface area (Å²) in [5.41, 5.74) is 6.03. The first-order chi connectivity index (χ1) is 9.86. The van der Waals surface area contributed by atoms with Crippen molar-refractivity contribution in [3.63, 3.8) is 0 Å². The van der Waals surface area contributed by atoms with Gasteiger partial charge in [0.2, 0.25) is 10.0 Å². The van der Waals surface area contributed by atoms with E-state index in [1.807, 2.05) is 6.92 Å². The van der Waals surface area contributed by atoms with Gasteiger partial charge in [-0.05, 0) is 25.1 Å². The molecule has 1 saturated heterocycles. The molecule has 0 saturated carbocycles. The van der Waals surface area contributed by atoms with Gasteiger partial charge in [0.25, 0.3) is 0 Å². The molecule has 0 aliphatic carbocycles. The third-order valence-corrected chi connectivity index (χ3v) is 5.19. The number of nitrogen functional groups attached to an aromatic ring is 1. The Bertz CT molecular complexity index is 644. The van der Waals surface area contributed by atoms with Crippen LogP contribution in [0.5, 0.6) is 0 Å². The predicted octanol–water partition coefficient (Wildman–Crippen LogP) is 0.465. The van der Waals surface area contributed by atoms with Crippen molar-refractivity contribution in [3.05, 3.63) is 23.8 Å². The molecule has 0 amide bonds. The summed E-state index contributed by atoms with van der Waals surface area (Å²) in [7, 11) is -2.45. The zero-order valence-electron chi connectivity index (χ0n) is 11.9. The highest BCUT2D eigenvalue weighted by atomic mass is 32.2. The lowest BCUT2D eigenvalue weighted by molar-refractivity contribution is 0.0102. The second-order valence-electron chi connectivity index (χ2n) is 4.79. The molecule has 1 heterocycles. The lowest BCUT2D eigenvalue weighted by Gasteiger charge is -2.30. The van der Waals surface area contributed by atoms with Gasteiger partial charge in [0, 0.05) is 13.1 Å². The quantitative estimate of drug-likeness (QED) is 0.643. The maximum absolute atomic E-state index is 12.6. The van der Waals surface area contributed by atoms with Gasteiger partial charge < -0.3 is 15.2 Å². The highest BCUT2D eigenvalue weighted by molar-refractivity contribution is 7.89. The number of nitrogens with zero attached hydrogens (tertiary/aromatic N) is 1. The minimum absolute atomic E-state index is 0.00995. The molecule has 0 spiro atoms. The molecule has 21 heavy (non-hydrogen) atoms. The van der Waals surface area contributed by atoms with Gasteiger partial charge in [-0.3, -0.25) is 0 Å². The number of carbonyl (C=O) groups excluding carboxylic acids is 1. The van der Waals surface area contributed by atoms with E-state index in [-0.39, 0.29) is 35.3 Å². The maximum Gasteiger partial charge on any atom is 0.337 e. The first-order valence-electron chi connectivity index (χ1n) is 6.46. The monoisotopic (exact) mass is 314 g/mol. The van der Waals surface area contributed by atoms with Crippen LogP contribution in [0.15, 0.2) is 23.1 Å². The molecule has 1 fully saturated rings. The molecular formula is C13H18N2O5S. The van der Waals surface area contributed by atoms with Crippen molar-refractivity contribution in [2.75, 3.05) is 32.5 Å². The fourth-order valence-corrected chi connectivity index (χ4v) is 3.77. The Morgan fingerprint density at radius 1 is 1.48 bits per heavy atom. The van der Waals surface area contributed by atoms with Crippen LogP contribution < -0.4 is 5.73 Å². The molecule has 8 heteroatoms. The van der Waals surface area contributed by atoms with E-state index in [9.17, 15) is 13.2 Å². The lowest BCUT2D eigenvalue weighted by atomic mass is 10.2. The molecule has 1 atom stereocenters. The third-order valence-electron chi connectivity index (χ3n) is 3.25. The normalized spacial score (nSPS) is 20.2. The van der Waals surface area contributed by atoms with Crippen LogP contribution in [0.4, 0.5) is 5.69 Å². The SMILES string of the molecule is COC(=O)c1ccc(S(=O)(=O)N2CCOC(C)C2)c(N)c1. The third kappa shape index (κ3) is 3.17. The first kappa shape index (κ1) is 15.7. The summed E-state index contributed by atoms with van der Waals surface area (Å²) in [6, 6.07) is 4.03. The second kappa shape index (κ2) is 6.00. The second-order valence-corrected chi connectivity index (χ2v) is 6.70. The highest BCUT2D eigenvalue weighted by Gasteiger charge is 2.30. The molecular weight excluding hydrogens is 296 g/mol. The average Bonchev–Trinajstić information content (AvgIpc) is 2.46. The average molecular weight is 314 g/mol. The Labute approximate surface area is 123 Å². The number of hydrogen-bond donors (Lipinski definition) is 1. The molecule has 1 aliphatic rings. The maximum atomic E-state index is 12.6. The number of nitrogens with two attached hydrogens (primary N) is 1. The van der Waals surface area contributed by atoms with Crippen LogP contribution in [0.1, 0.15) is 17.3 Å². The van der Waals surface area contributed by atoms with Crippen molar-refractivity contribution in [3.8, 4) is 0 Å². The van der Waals surface area contributed by atoms with Gasteiger partial charge in [0.05, 0.1) is 31.1 Å². The van der Waals surface area contributed by atoms with Crippen LogP contribution in [-0.2, 0) is 19.5 Å². The number of esters is 1. The van der Waals surface area contributed by atoms with E-state index in [0.717, 1.165) is 0 Å². The summed E-state index contributed by atoms with van der Waals surface area (Å²) >= 11 is 0. The van der Waals surface area contributed by atoms with Crippen molar-refractivity contribution in [2.45, 2.75) is 17.9 Å². The molecule has 116 valence electrons. The highest BCUT2D eigenvalue weighted by Crippen LogP contribution is 2.25. The summed E-state index contributed by atoms with van der Waals surface area (Å²) in [6.07, 6.45) is -0.163. The molecule has 2 rings (SSSR count). The number of carbonyl (C=O) groups is 1. The number of hydrogen-bond acceptors (Lipinski definition) is 6. The van der Waals surface area contributed by atoms with E-state index < -0.39 is 16.0 Å². The number of sulfonamides is 1. The standard InChI is InChI=1S/C13H18N2O5S/c1-9-8-15(5-6-20-9)21(17,18)12-4-3-10(7-11(12)14)13(16)19-2/h3-4,7,9H,5-6,8,14H2,1-2H3. The molecule has 1 unspecified atom stereocenters. The van der Waals surface area contributed by atoms with E-state index >= 15 is 0 Å². The van der Waals surface area contributed by atoms with Crippen LogP contribution in [0.25, 0.3) is 0 Å². The van der Waals surface area contributed by atoms with Crippen molar-refractivity contribution in [1.82, 2.24) is 4.31 Å². The van der Waals surface area contributed by atoms with Gasteiger partial charge in [-0.2, -0.15) is 4.31 Å². The number of methoxy groups -OCH3 is 1. The van der Waals surface area contributed by atoms with Crippen molar-refractivity contribution in [1.29, 1.82) is 0 Å². The number of ether oxygens (including phenoxy) is 2. The molecule has 0 radical (unpaired) electrons. The fraction of sp³-hybridized carbons (Fsp3) is 0.462. The molecule has 2 N–H and O–H groups in total. The zero-order chi connectivity index (χ0) is 15.6. The zero-order valence-corrected chi connectivity index (χ0v) is 12.7. The number of anilines is 1. The van der Waals surface area contributed by atoms with Crippen LogP contribution in [0, 0.1) is 0 Å². The van der Waals surface area contributed by atoms with Crippen LogP contribution in [0.3, 0.4) is 0 Å². The Hall–Kier alpha value is -1.64. The smallest absolute Gasteiger partial charge is 0.337 e. The van der Waals surface area contributed by atoms with Crippen LogP contribution in [-0.4, -0.2) is 51.6 Å². The van der Waals surface area contributed by atoms with Gasteiger partial charge in [-0.1, -0.05) is 0 Å². The molecule has 0 bridgehead atoms. The summed E-state index contributed by atoms with van der Waals surface area (Å²) in [4.78, 5) is 11.4. The Morgan fingerprint density at radius 2 is 2.19 bits per heavy atom. The summed E-state index contributed by atoms with van der Waals surface area (Å²) in [5.74, 6) is -0.564. The van der Waals surface area contributed by atoms with Gasteiger partial charge in [-0.25, -0.2) is 13.2 Å². The van der Waals surface area contributed by atoms with E-state index in [1.54, 1.807) is 0 Å². The summed E-state index contributed by atoms with van der Waals surface area (Å²) in [6.45, 7) is 2.72. The van der Waals surface area contributed by atoms with Crippen LogP contribution >= 0.6 is 0 Å². The van der Waals surface area contributed by atoms with Crippen molar-refractivity contribution < 1.29 is 22.7 Å². The molecule has 7 nitrogen and oxygen atoms in total. The van der Waals surface area contributed by atoms with Crippen molar-refractivity contribution >= 4 is 21.7 Å². The van der Waals surface area contributed by atoms with Crippen LogP contribution in [0.2, 0.25) is 0 Å². The topological polar surface area (TPSA) is 98.9 Å². The molecule has 0 aromatic heterocycles. The van der Waals surface area contributed by atoms with E-state index in [4.69, 9.17) is 10.5 Å². The Kier molecular flexibility index (Phi) is 4.50. The largest absolute Gasteiger partial charge is 0.465 e. The van der Waals surface area contributed by atoms with E-state index in [1.165, 1.54) is 29.6 Å². The van der Waals surface area contributed by atoms with Crippen molar-refractivity contribution in [2.24, 2.45) is 0 Å². The molecule has 1 aromatic rings. The van der Waals surface area contributed by atoms with Gasteiger partial charge in [0.1, 0.15) is 4.90 Å². The molecule has 1 aromatic carbocycles. The minimum atomic E-state index is -3.70. The first-order valence-corrected chi connectivity index (χ1v) is 7.90. The number of rotatable bonds is 3. The van der Waals surface area contributed by atoms with Gasteiger partial charge in [-0.15, -0.1) is 0 Å².